The third kappa shape index (κ3) is 1.99. The van der Waals surface area contributed by atoms with Crippen molar-refractivity contribution in [2.75, 3.05) is 6.61 Å². The molecule has 0 unspecified atom stereocenters. The van der Waals surface area contributed by atoms with Crippen LogP contribution in [0.3, 0.4) is 0 Å². The first-order valence-electron chi connectivity index (χ1n) is 6.08. The molecule has 0 amide bonds. The zero-order chi connectivity index (χ0) is 13.2. The summed E-state index contributed by atoms with van der Waals surface area (Å²) in [5.41, 5.74) is 1.32. The molecule has 0 fully saturated rings. The van der Waals surface area contributed by atoms with Crippen molar-refractivity contribution in [3.8, 4) is 11.6 Å². The Morgan fingerprint density at radius 3 is 2.95 bits per heavy atom. The second kappa shape index (κ2) is 4.61. The number of nitrogens with zero attached hydrogens (tertiary/aromatic N) is 2. The molecule has 2 heterocycles. The quantitative estimate of drug-likeness (QED) is 0.779. The highest BCUT2D eigenvalue weighted by atomic mass is 16.5. The maximum atomic E-state index is 12.0. The molecule has 0 atom stereocenters. The third-order valence-electron chi connectivity index (χ3n) is 2.84. The molecule has 5 heteroatoms. The van der Waals surface area contributed by atoms with Gasteiger partial charge in [-0.05, 0) is 31.2 Å². The van der Waals surface area contributed by atoms with Crippen molar-refractivity contribution in [1.29, 1.82) is 0 Å². The monoisotopic (exact) mass is 255 g/mol. The van der Waals surface area contributed by atoms with Crippen molar-refractivity contribution in [2.24, 2.45) is 0 Å². The SMILES string of the molecule is CCOc1ccc2[nH]c(=O)n(-c3ccccn3)c2c1. The molecule has 19 heavy (non-hydrogen) atoms. The Morgan fingerprint density at radius 2 is 2.21 bits per heavy atom. The lowest BCUT2D eigenvalue weighted by molar-refractivity contribution is 0.340. The summed E-state index contributed by atoms with van der Waals surface area (Å²) in [6.07, 6.45) is 1.66. The van der Waals surface area contributed by atoms with Crippen LogP contribution in [0, 0.1) is 0 Å². The van der Waals surface area contributed by atoms with Crippen LogP contribution in [0.15, 0.2) is 47.4 Å². The highest BCUT2D eigenvalue weighted by molar-refractivity contribution is 5.78. The Labute approximate surface area is 109 Å². The molecule has 0 bridgehead atoms. The molecule has 1 N–H and O–H groups in total. The predicted molar refractivity (Wildman–Crippen MR) is 72.9 cm³/mol. The number of nitrogens with one attached hydrogen (secondary N) is 1. The van der Waals surface area contributed by atoms with E-state index in [0.717, 1.165) is 16.8 Å². The number of hydrogen-bond acceptors (Lipinski definition) is 3. The minimum absolute atomic E-state index is 0.206. The van der Waals surface area contributed by atoms with E-state index in [0.29, 0.717) is 12.4 Å². The van der Waals surface area contributed by atoms with Gasteiger partial charge in [0.25, 0.3) is 0 Å². The zero-order valence-corrected chi connectivity index (χ0v) is 10.5. The van der Waals surface area contributed by atoms with Gasteiger partial charge in [0, 0.05) is 12.3 Å². The van der Waals surface area contributed by atoms with Crippen LogP contribution in [0.2, 0.25) is 0 Å². The molecule has 0 aliphatic heterocycles. The molecular formula is C14H13N3O2. The standard InChI is InChI=1S/C14H13N3O2/c1-2-19-10-6-7-11-12(9-10)17(14(18)16-11)13-5-3-4-8-15-13/h3-9H,2H2,1H3,(H,16,18). The minimum Gasteiger partial charge on any atom is -0.494 e. The Kier molecular flexibility index (Phi) is 2.79. The van der Waals surface area contributed by atoms with E-state index in [1.807, 2.05) is 37.3 Å². The van der Waals surface area contributed by atoms with Gasteiger partial charge in [-0.15, -0.1) is 0 Å². The topological polar surface area (TPSA) is 59.9 Å². The minimum atomic E-state index is -0.206. The summed E-state index contributed by atoms with van der Waals surface area (Å²) in [7, 11) is 0. The van der Waals surface area contributed by atoms with Crippen molar-refractivity contribution in [3.63, 3.8) is 0 Å². The number of aromatic nitrogens is 3. The van der Waals surface area contributed by atoms with Gasteiger partial charge >= 0.3 is 5.69 Å². The Bertz CT molecular complexity index is 759. The molecule has 3 rings (SSSR count). The lowest BCUT2D eigenvalue weighted by Crippen LogP contribution is -2.15. The van der Waals surface area contributed by atoms with Crippen LogP contribution in [-0.4, -0.2) is 21.1 Å². The summed E-state index contributed by atoms with van der Waals surface area (Å²) in [5, 5.41) is 0. The van der Waals surface area contributed by atoms with Gasteiger partial charge in [0.2, 0.25) is 0 Å². The maximum absolute atomic E-state index is 12.0. The highest BCUT2D eigenvalue weighted by Crippen LogP contribution is 2.20. The van der Waals surface area contributed by atoms with Crippen molar-refractivity contribution in [2.45, 2.75) is 6.92 Å². The summed E-state index contributed by atoms with van der Waals surface area (Å²) in [6.45, 7) is 2.51. The molecule has 0 radical (unpaired) electrons. The molecular weight excluding hydrogens is 242 g/mol. The van der Waals surface area contributed by atoms with E-state index >= 15 is 0 Å². The Morgan fingerprint density at radius 1 is 1.32 bits per heavy atom. The second-order valence-electron chi connectivity index (χ2n) is 4.07. The maximum Gasteiger partial charge on any atom is 0.332 e. The van der Waals surface area contributed by atoms with E-state index in [-0.39, 0.29) is 5.69 Å². The predicted octanol–water partition coefficient (Wildman–Crippen LogP) is 2.11. The fraction of sp³-hybridized carbons (Fsp3) is 0.143. The van der Waals surface area contributed by atoms with Gasteiger partial charge in [0.05, 0.1) is 17.6 Å². The van der Waals surface area contributed by atoms with E-state index < -0.39 is 0 Å². The summed E-state index contributed by atoms with van der Waals surface area (Å²) in [6, 6.07) is 11.0. The fourth-order valence-electron chi connectivity index (χ4n) is 2.05. The van der Waals surface area contributed by atoms with Crippen LogP contribution < -0.4 is 10.4 Å². The molecule has 0 aliphatic rings. The highest BCUT2D eigenvalue weighted by Gasteiger charge is 2.10. The van der Waals surface area contributed by atoms with Crippen LogP contribution in [0.25, 0.3) is 16.9 Å². The van der Waals surface area contributed by atoms with Crippen LogP contribution in [0.5, 0.6) is 5.75 Å². The van der Waals surface area contributed by atoms with E-state index in [9.17, 15) is 4.79 Å². The van der Waals surface area contributed by atoms with Gasteiger partial charge in [-0.25, -0.2) is 14.3 Å². The number of rotatable bonds is 3. The molecule has 3 aromatic rings. The van der Waals surface area contributed by atoms with Gasteiger partial charge in [-0.3, -0.25) is 0 Å². The average Bonchev–Trinajstić information content (AvgIpc) is 2.75. The summed E-state index contributed by atoms with van der Waals surface area (Å²) in [5.74, 6) is 1.33. The number of pyridine rings is 1. The van der Waals surface area contributed by atoms with Gasteiger partial charge in [0.1, 0.15) is 11.6 Å². The van der Waals surface area contributed by atoms with Crippen molar-refractivity contribution >= 4 is 11.0 Å². The molecule has 1 aromatic carbocycles. The third-order valence-corrected chi connectivity index (χ3v) is 2.84. The molecule has 0 spiro atoms. The molecule has 2 aromatic heterocycles. The lowest BCUT2D eigenvalue weighted by Gasteiger charge is -2.04. The molecule has 0 aliphatic carbocycles. The molecule has 5 nitrogen and oxygen atoms in total. The lowest BCUT2D eigenvalue weighted by atomic mass is 10.3. The van der Waals surface area contributed by atoms with E-state index in [4.69, 9.17) is 4.74 Å². The van der Waals surface area contributed by atoms with E-state index in [1.165, 1.54) is 4.57 Å². The van der Waals surface area contributed by atoms with Gasteiger partial charge in [-0.2, -0.15) is 0 Å². The number of fused-ring (bicyclic) bond motifs is 1. The smallest absolute Gasteiger partial charge is 0.332 e. The molecule has 0 saturated carbocycles. The van der Waals surface area contributed by atoms with Crippen molar-refractivity contribution < 1.29 is 4.74 Å². The zero-order valence-electron chi connectivity index (χ0n) is 10.5. The first kappa shape index (κ1) is 11.5. The summed E-state index contributed by atoms with van der Waals surface area (Å²) in [4.78, 5) is 19.1. The number of benzene rings is 1. The van der Waals surface area contributed by atoms with E-state index in [1.54, 1.807) is 12.3 Å². The average molecular weight is 255 g/mol. The van der Waals surface area contributed by atoms with E-state index in [2.05, 4.69) is 9.97 Å². The number of aromatic amines is 1. The number of imidazole rings is 1. The molecule has 0 saturated heterocycles. The largest absolute Gasteiger partial charge is 0.494 e. The summed E-state index contributed by atoms with van der Waals surface area (Å²) >= 11 is 0. The van der Waals surface area contributed by atoms with Crippen LogP contribution in [0.4, 0.5) is 0 Å². The first-order chi connectivity index (χ1) is 9.29. The number of H-pyrrole nitrogens is 1. The summed E-state index contributed by atoms with van der Waals surface area (Å²) < 4.78 is 7.00. The van der Waals surface area contributed by atoms with Gasteiger partial charge < -0.3 is 9.72 Å². The number of ether oxygens (including phenoxy) is 1. The van der Waals surface area contributed by atoms with Crippen LogP contribution >= 0.6 is 0 Å². The first-order valence-corrected chi connectivity index (χ1v) is 6.08. The molecule has 96 valence electrons. The fourth-order valence-corrected chi connectivity index (χ4v) is 2.05. The Balaban J connectivity index is 2.26. The van der Waals surface area contributed by atoms with Crippen molar-refractivity contribution in [1.82, 2.24) is 14.5 Å². The van der Waals surface area contributed by atoms with Gasteiger partial charge in [-0.1, -0.05) is 6.07 Å². The van der Waals surface area contributed by atoms with Gasteiger partial charge in [0.15, 0.2) is 0 Å². The van der Waals surface area contributed by atoms with Crippen LogP contribution in [0.1, 0.15) is 6.92 Å². The Hall–Kier alpha value is -2.56. The normalized spacial score (nSPS) is 10.8. The van der Waals surface area contributed by atoms with Crippen molar-refractivity contribution in [3.05, 3.63) is 53.1 Å². The second-order valence-corrected chi connectivity index (χ2v) is 4.07. The van der Waals surface area contributed by atoms with Crippen LogP contribution in [-0.2, 0) is 0 Å². The number of hydrogen-bond donors (Lipinski definition) is 1.